The zero-order valence-electron chi connectivity index (χ0n) is 16.0. The first kappa shape index (κ1) is 23.0. The maximum atomic E-state index is 12.9. The maximum absolute atomic E-state index is 12.9. The standard InChI is InChI=1S/C20H18Br2N2O4S2/c1-13-3-7-15(8-4-13)24(29(25)26)20-12-18(22)17(21)11-19(20)23-30(27,28)16-9-5-14(2)6-10-16/h3-12,23H,1-2H3,(H,25,26). The van der Waals surface area contributed by atoms with Gasteiger partial charge >= 0.3 is 0 Å². The predicted molar refractivity (Wildman–Crippen MR) is 128 cm³/mol. The molecule has 6 nitrogen and oxygen atoms in total. The van der Waals surface area contributed by atoms with Crippen molar-refractivity contribution in [2.45, 2.75) is 18.7 Å². The second kappa shape index (κ2) is 9.19. The predicted octanol–water partition coefficient (Wildman–Crippen LogP) is 5.90. The zero-order chi connectivity index (χ0) is 22.1. The summed E-state index contributed by atoms with van der Waals surface area (Å²) in [6, 6.07) is 16.5. The quantitative estimate of drug-likeness (QED) is 0.359. The Labute approximate surface area is 195 Å². The van der Waals surface area contributed by atoms with Crippen molar-refractivity contribution in [2.24, 2.45) is 0 Å². The SMILES string of the molecule is Cc1ccc(N(c2cc(Br)c(Br)cc2NS(=O)(=O)c2ccc(C)cc2)S(=O)O)cc1. The Kier molecular flexibility index (Phi) is 7.03. The molecule has 0 heterocycles. The van der Waals surface area contributed by atoms with E-state index in [9.17, 15) is 17.2 Å². The Balaban J connectivity index is 2.13. The van der Waals surface area contributed by atoms with Crippen molar-refractivity contribution in [1.82, 2.24) is 0 Å². The molecule has 10 heteroatoms. The molecule has 1 unspecified atom stereocenters. The van der Waals surface area contributed by atoms with E-state index in [0.717, 1.165) is 15.4 Å². The van der Waals surface area contributed by atoms with Crippen LogP contribution in [0.15, 0.2) is 74.5 Å². The molecule has 0 saturated carbocycles. The van der Waals surface area contributed by atoms with E-state index < -0.39 is 21.3 Å². The normalized spacial score (nSPS) is 12.4. The van der Waals surface area contributed by atoms with Gasteiger partial charge in [0.1, 0.15) is 0 Å². The summed E-state index contributed by atoms with van der Waals surface area (Å²) in [4.78, 5) is 0.0881. The van der Waals surface area contributed by atoms with Gasteiger partial charge in [0, 0.05) is 8.95 Å². The van der Waals surface area contributed by atoms with E-state index in [0.29, 0.717) is 14.6 Å². The number of benzene rings is 3. The first-order valence-corrected chi connectivity index (χ1v) is 12.8. The van der Waals surface area contributed by atoms with Gasteiger partial charge in [-0.05, 0) is 82.1 Å². The van der Waals surface area contributed by atoms with Crippen LogP contribution in [0.5, 0.6) is 0 Å². The lowest BCUT2D eigenvalue weighted by molar-refractivity contribution is 0.564. The fourth-order valence-electron chi connectivity index (χ4n) is 2.70. The smallest absolute Gasteiger partial charge is 0.266 e. The van der Waals surface area contributed by atoms with Gasteiger partial charge in [-0.1, -0.05) is 35.4 Å². The lowest BCUT2D eigenvalue weighted by Gasteiger charge is -2.24. The van der Waals surface area contributed by atoms with Crippen LogP contribution in [0.1, 0.15) is 11.1 Å². The van der Waals surface area contributed by atoms with Gasteiger partial charge in [-0.25, -0.2) is 16.9 Å². The third kappa shape index (κ3) is 5.12. The first-order valence-electron chi connectivity index (χ1n) is 8.65. The number of rotatable bonds is 6. The number of hydrogen-bond donors (Lipinski definition) is 2. The zero-order valence-corrected chi connectivity index (χ0v) is 20.8. The van der Waals surface area contributed by atoms with Crippen molar-refractivity contribution in [1.29, 1.82) is 0 Å². The lowest BCUT2D eigenvalue weighted by Crippen LogP contribution is -2.22. The first-order chi connectivity index (χ1) is 14.1. The van der Waals surface area contributed by atoms with Crippen LogP contribution >= 0.6 is 31.9 Å². The molecule has 30 heavy (non-hydrogen) atoms. The third-order valence-electron chi connectivity index (χ3n) is 4.26. The minimum atomic E-state index is -3.92. The van der Waals surface area contributed by atoms with E-state index in [2.05, 4.69) is 36.6 Å². The van der Waals surface area contributed by atoms with Crippen molar-refractivity contribution in [3.8, 4) is 0 Å². The van der Waals surface area contributed by atoms with E-state index in [1.54, 1.807) is 48.5 Å². The highest BCUT2D eigenvalue weighted by molar-refractivity contribution is 9.13. The van der Waals surface area contributed by atoms with E-state index in [-0.39, 0.29) is 16.3 Å². The Morgan fingerprint density at radius 1 is 0.900 bits per heavy atom. The molecule has 3 rings (SSSR count). The number of nitrogens with one attached hydrogen (secondary N) is 1. The van der Waals surface area contributed by atoms with E-state index in [1.165, 1.54) is 12.1 Å². The van der Waals surface area contributed by atoms with Crippen molar-refractivity contribution in [3.63, 3.8) is 0 Å². The van der Waals surface area contributed by atoms with Crippen molar-refractivity contribution < 1.29 is 17.2 Å². The summed E-state index contributed by atoms with van der Waals surface area (Å²) in [6.07, 6.45) is 0. The third-order valence-corrected chi connectivity index (χ3v) is 8.20. The minimum absolute atomic E-state index is 0.0881. The summed E-state index contributed by atoms with van der Waals surface area (Å²) >= 11 is 4.30. The minimum Gasteiger partial charge on any atom is -0.289 e. The number of hydrogen-bond acceptors (Lipinski definition) is 3. The van der Waals surface area contributed by atoms with Gasteiger partial charge in [0.2, 0.25) is 0 Å². The molecule has 0 fully saturated rings. The van der Waals surface area contributed by atoms with Gasteiger partial charge in [0.05, 0.1) is 22.0 Å². The van der Waals surface area contributed by atoms with Crippen LogP contribution in [0.25, 0.3) is 0 Å². The van der Waals surface area contributed by atoms with Gasteiger partial charge in [-0.2, -0.15) is 0 Å². The van der Waals surface area contributed by atoms with Crippen LogP contribution in [-0.4, -0.2) is 17.2 Å². The second-order valence-corrected chi connectivity index (χ2v) is 10.8. The molecule has 0 aliphatic rings. The number of aryl methyl sites for hydroxylation is 2. The fourth-order valence-corrected chi connectivity index (χ4v) is 5.06. The van der Waals surface area contributed by atoms with Gasteiger partial charge in [0.25, 0.3) is 21.3 Å². The topological polar surface area (TPSA) is 86.7 Å². The molecular weight excluding hydrogens is 556 g/mol. The van der Waals surface area contributed by atoms with Gasteiger partial charge < -0.3 is 0 Å². The molecule has 0 aliphatic heterocycles. The molecule has 0 saturated heterocycles. The van der Waals surface area contributed by atoms with Crippen LogP contribution < -0.4 is 9.03 Å². The van der Waals surface area contributed by atoms with Crippen LogP contribution in [0, 0.1) is 13.8 Å². The molecule has 1 atom stereocenters. The summed E-state index contributed by atoms with van der Waals surface area (Å²) < 4.78 is 53.0. The second-order valence-electron chi connectivity index (χ2n) is 6.56. The summed E-state index contributed by atoms with van der Waals surface area (Å²) in [5.74, 6) is 0. The average Bonchev–Trinajstić information content (AvgIpc) is 2.67. The van der Waals surface area contributed by atoms with Crippen LogP contribution in [-0.2, 0) is 21.3 Å². The van der Waals surface area contributed by atoms with Crippen LogP contribution in [0.4, 0.5) is 17.1 Å². The van der Waals surface area contributed by atoms with Crippen LogP contribution in [0.2, 0.25) is 0 Å². The molecule has 0 spiro atoms. The Bertz CT molecular complexity index is 1200. The molecular formula is C20H18Br2N2O4S2. The maximum Gasteiger partial charge on any atom is 0.266 e. The summed E-state index contributed by atoms with van der Waals surface area (Å²) in [6.45, 7) is 3.77. The van der Waals surface area contributed by atoms with Gasteiger partial charge in [-0.15, -0.1) is 0 Å². The van der Waals surface area contributed by atoms with Crippen molar-refractivity contribution >= 4 is 70.2 Å². The van der Waals surface area contributed by atoms with Crippen molar-refractivity contribution in [3.05, 3.63) is 80.7 Å². The average molecular weight is 574 g/mol. The monoisotopic (exact) mass is 572 g/mol. The Morgan fingerprint density at radius 3 is 1.93 bits per heavy atom. The molecule has 0 aromatic heterocycles. The van der Waals surface area contributed by atoms with Crippen molar-refractivity contribution in [2.75, 3.05) is 9.03 Å². The van der Waals surface area contributed by atoms with Gasteiger partial charge in [-0.3, -0.25) is 9.27 Å². The van der Waals surface area contributed by atoms with E-state index in [1.807, 2.05) is 13.8 Å². The largest absolute Gasteiger partial charge is 0.289 e. The molecule has 0 radical (unpaired) electrons. The number of sulfonamides is 1. The number of halogens is 2. The highest BCUT2D eigenvalue weighted by Gasteiger charge is 2.24. The number of nitrogens with zero attached hydrogens (tertiary/aromatic N) is 1. The van der Waals surface area contributed by atoms with E-state index >= 15 is 0 Å². The highest BCUT2D eigenvalue weighted by atomic mass is 79.9. The number of anilines is 3. The summed E-state index contributed by atoms with van der Waals surface area (Å²) in [5, 5.41) is 0. The molecule has 3 aromatic rings. The van der Waals surface area contributed by atoms with Crippen LogP contribution in [0.3, 0.4) is 0 Å². The molecule has 0 bridgehead atoms. The van der Waals surface area contributed by atoms with Gasteiger partial charge in [0.15, 0.2) is 0 Å². The summed E-state index contributed by atoms with van der Waals surface area (Å²) in [5.41, 5.74) is 2.72. The molecule has 0 aliphatic carbocycles. The summed E-state index contributed by atoms with van der Waals surface area (Å²) in [7, 11) is -3.92. The molecule has 3 aromatic carbocycles. The lowest BCUT2D eigenvalue weighted by atomic mass is 10.2. The molecule has 158 valence electrons. The Hall–Kier alpha value is -1.72. The highest BCUT2D eigenvalue weighted by Crippen LogP contribution is 2.40. The van der Waals surface area contributed by atoms with E-state index in [4.69, 9.17) is 0 Å². The molecule has 2 N–H and O–H groups in total. The fraction of sp³-hybridized carbons (Fsp3) is 0.100. The Morgan fingerprint density at radius 2 is 1.40 bits per heavy atom. The molecule has 0 amide bonds.